The van der Waals surface area contributed by atoms with Gasteiger partial charge in [-0.25, -0.2) is 9.78 Å². The van der Waals surface area contributed by atoms with Crippen molar-refractivity contribution >= 4 is 23.5 Å². The van der Waals surface area contributed by atoms with Gasteiger partial charge in [0.25, 0.3) is 0 Å². The average molecular weight is 254 g/mol. The average Bonchev–Trinajstić information content (AvgIpc) is 2.25. The number of hydrogen-bond donors (Lipinski definition) is 2. The summed E-state index contributed by atoms with van der Waals surface area (Å²) >= 11 is 1.84. The highest BCUT2D eigenvalue weighted by Gasteiger charge is 2.08. The van der Waals surface area contributed by atoms with Gasteiger partial charge in [-0.05, 0) is 31.7 Å². The Bertz CT molecular complexity index is 396. The lowest BCUT2D eigenvalue weighted by Crippen LogP contribution is -2.19. The Hall–Kier alpha value is -1.23. The van der Waals surface area contributed by atoms with Gasteiger partial charge in [0.1, 0.15) is 5.82 Å². The van der Waals surface area contributed by atoms with Crippen LogP contribution in [0.1, 0.15) is 29.9 Å². The fourth-order valence-corrected chi connectivity index (χ4v) is 2.13. The summed E-state index contributed by atoms with van der Waals surface area (Å²) < 4.78 is 0. The second kappa shape index (κ2) is 6.49. The predicted molar refractivity (Wildman–Crippen MR) is 72.0 cm³/mol. The van der Waals surface area contributed by atoms with Crippen molar-refractivity contribution in [3.05, 3.63) is 23.4 Å². The third-order valence-electron chi connectivity index (χ3n) is 2.17. The van der Waals surface area contributed by atoms with Crippen LogP contribution in [0.3, 0.4) is 0 Å². The maximum atomic E-state index is 10.9. The lowest BCUT2D eigenvalue weighted by molar-refractivity contribution is 0.0696. The standard InChI is InChI=1S/C12H18N2O2S/c1-4-17-7-9(3)14-11-6-10(12(15)16)5-8(2)13-11/h5-6,9H,4,7H2,1-3H3,(H,13,14)(H,15,16). The van der Waals surface area contributed by atoms with Crippen LogP contribution in [0.15, 0.2) is 12.1 Å². The Morgan fingerprint density at radius 2 is 2.29 bits per heavy atom. The van der Waals surface area contributed by atoms with Crippen LogP contribution in [0.5, 0.6) is 0 Å². The van der Waals surface area contributed by atoms with Crippen molar-refractivity contribution in [3.63, 3.8) is 0 Å². The molecule has 1 heterocycles. The molecule has 0 aliphatic carbocycles. The number of carboxylic acids is 1. The van der Waals surface area contributed by atoms with Gasteiger partial charge in [-0.2, -0.15) is 11.8 Å². The molecular weight excluding hydrogens is 236 g/mol. The molecule has 0 saturated carbocycles. The van der Waals surface area contributed by atoms with Crippen LogP contribution >= 0.6 is 11.8 Å². The number of nitrogens with zero attached hydrogens (tertiary/aromatic N) is 1. The van der Waals surface area contributed by atoms with Gasteiger partial charge >= 0.3 is 5.97 Å². The number of nitrogens with one attached hydrogen (secondary N) is 1. The highest BCUT2D eigenvalue weighted by Crippen LogP contribution is 2.13. The Balaban J connectivity index is 2.73. The van der Waals surface area contributed by atoms with Crippen LogP contribution in [-0.2, 0) is 0 Å². The second-order valence-electron chi connectivity index (χ2n) is 3.89. The van der Waals surface area contributed by atoms with E-state index in [1.54, 1.807) is 19.1 Å². The van der Waals surface area contributed by atoms with Crippen LogP contribution < -0.4 is 5.32 Å². The molecule has 1 aromatic rings. The first kappa shape index (κ1) is 13.8. The highest BCUT2D eigenvalue weighted by atomic mass is 32.2. The van der Waals surface area contributed by atoms with E-state index in [0.29, 0.717) is 11.5 Å². The van der Waals surface area contributed by atoms with E-state index in [4.69, 9.17) is 5.11 Å². The van der Waals surface area contributed by atoms with Crippen molar-refractivity contribution in [2.45, 2.75) is 26.8 Å². The second-order valence-corrected chi connectivity index (χ2v) is 5.21. The largest absolute Gasteiger partial charge is 0.478 e. The summed E-state index contributed by atoms with van der Waals surface area (Å²) in [6, 6.07) is 3.41. The van der Waals surface area contributed by atoms with Crippen molar-refractivity contribution in [1.29, 1.82) is 0 Å². The zero-order valence-corrected chi connectivity index (χ0v) is 11.2. The Morgan fingerprint density at radius 3 is 2.88 bits per heavy atom. The summed E-state index contributed by atoms with van der Waals surface area (Å²) in [5, 5.41) is 12.2. The molecule has 1 atom stereocenters. The normalized spacial score (nSPS) is 12.2. The number of hydrogen-bond acceptors (Lipinski definition) is 4. The molecule has 17 heavy (non-hydrogen) atoms. The quantitative estimate of drug-likeness (QED) is 0.817. The molecule has 1 rings (SSSR count). The minimum Gasteiger partial charge on any atom is -0.478 e. The zero-order chi connectivity index (χ0) is 12.8. The van der Waals surface area contributed by atoms with Gasteiger partial charge in [-0.15, -0.1) is 0 Å². The Labute approximate surface area is 106 Å². The molecule has 2 N–H and O–H groups in total. The number of pyridine rings is 1. The lowest BCUT2D eigenvalue weighted by Gasteiger charge is -2.14. The highest BCUT2D eigenvalue weighted by molar-refractivity contribution is 7.99. The monoisotopic (exact) mass is 254 g/mol. The van der Waals surface area contributed by atoms with Gasteiger partial charge in [0.2, 0.25) is 0 Å². The molecule has 0 spiro atoms. The molecule has 0 saturated heterocycles. The van der Waals surface area contributed by atoms with Gasteiger partial charge in [0.05, 0.1) is 5.56 Å². The Kier molecular flexibility index (Phi) is 5.28. The van der Waals surface area contributed by atoms with Crippen molar-refractivity contribution in [1.82, 2.24) is 4.98 Å². The van der Waals surface area contributed by atoms with Crippen LogP contribution in [0, 0.1) is 6.92 Å². The zero-order valence-electron chi connectivity index (χ0n) is 10.4. The predicted octanol–water partition coefficient (Wildman–Crippen LogP) is 2.64. The van der Waals surface area contributed by atoms with Crippen molar-refractivity contribution in [3.8, 4) is 0 Å². The van der Waals surface area contributed by atoms with Crippen LogP contribution in [0.25, 0.3) is 0 Å². The van der Waals surface area contributed by atoms with E-state index in [0.717, 1.165) is 11.5 Å². The maximum absolute atomic E-state index is 10.9. The fourth-order valence-electron chi connectivity index (χ4n) is 1.45. The molecule has 4 nitrogen and oxygen atoms in total. The molecule has 0 bridgehead atoms. The van der Waals surface area contributed by atoms with E-state index >= 15 is 0 Å². The summed E-state index contributed by atoms with van der Waals surface area (Å²) in [5.74, 6) is 1.77. The number of aryl methyl sites for hydroxylation is 1. The van der Waals surface area contributed by atoms with E-state index in [1.165, 1.54) is 0 Å². The van der Waals surface area contributed by atoms with Crippen molar-refractivity contribution in [2.24, 2.45) is 0 Å². The van der Waals surface area contributed by atoms with Gasteiger partial charge in [0, 0.05) is 17.5 Å². The summed E-state index contributed by atoms with van der Waals surface area (Å²) in [6.07, 6.45) is 0. The van der Waals surface area contributed by atoms with Crippen molar-refractivity contribution in [2.75, 3.05) is 16.8 Å². The molecule has 1 aromatic heterocycles. The van der Waals surface area contributed by atoms with Crippen LogP contribution in [-0.4, -0.2) is 33.6 Å². The van der Waals surface area contributed by atoms with E-state index in [1.807, 2.05) is 11.8 Å². The molecule has 5 heteroatoms. The number of thioether (sulfide) groups is 1. The fraction of sp³-hybridized carbons (Fsp3) is 0.500. The van der Waals surface area contributed by atoms with Gasteiger partial charge < -0.3 is 10.4 Å². The van der Waals surface area contributed by atoms with E-state index in [9.17, 15) is 4.79 Å². The summed E-state index contributed by atoms with van der Waals surface area (Å²) in [6.45, 7) is 5.97. The number of aromatic nitrogens is 1. The molecule has 94 valence electrons. The molecule has 1 unspecified atom stereocenters. The smallest absolute Gasteiger partial charge is 0.335 e. The van der Waals surface area contributed by atoms with E-state index in [2.05, 4.69) is 24.1 Å². The Morgan fingerprint density at radius 1 is 1.59 bits per heavy atom. The minimum absolute atomic E-state index is 0.273. The van der Waals surface area contributed by atoms with Crippen molar-refractivity contribution < 1.29 is 9.90 Å². The summed E-state index contributed by atoms with van der Waals surface area (Å²) in [5.41, 5.74) is 0.984. The molecule has 0 aliphatic rings. The van der Waals surface area contributed by atoms with Gasteiger partial charge in [-0.3, -0.25) is 0 Å². The number of aromatic carboxylic acids is 1. The number of rotatable bonds is 6. The van der Waals surface area contributed by atoms with Crippen LogP contribution in [0.4, 0.5) is 5.82 Å². The SMILES string of the molecule is CCSCC(C)Nc1cc(C(=O)O)cc(C)n1. The van der Waals surface area contributed by atoms with E-state index < -0.39 is 5.97 Å². The maximum Gasteiger partial charge on any atom is 0.335 e. The first-order chi connectivity index (χ1) is 8.02. The first-order valence-electron chi connectivity index (χ1n) is 5.59. The summed E-state index contributed by atoms with van der Waals surface area (Å²) in [7, 11) is 0. The number of carbonyl (C=O) groups is 1. The molecule has 0 aromatic carbocycles. The lowest BCUT2D eigenvalue weighted by atomic mass is 10.2. The summed E-state index contributed by atoms with van der Waals surface area (Å²) in [4.78, 5) is 15.2. The topological polar surface area (TPSA) is 62.2 Å². The third-order valence-corrected chi connectivity index (χ3v) is 3.31. The molecule has 0 aliphatic heterocycles. The van der Waals surface area contributed by atoms with E-state index in [-0.39, 0.29) is 11.6 Å². The van der Waals surface area contributed by atoms with Crippen LogP contribution in [0.2, 0.25) is 0 Å². The molecule has 0 radical (unpaired) electrons. The molecule has 0 fully saturated rings. The number of anilines is 1. The molecular formula is C12H18N2O2S. The number of carboxylic acid groups (broad SMARTS) is 1. The molecule has 0 amide bonds. The first-order valence-corrected chi connectivity index (χ1v) is 6.74. The minimum atomic E-state index is -0.922. The van der Waals surface area contributed by atoms with Gasteiger partial charge in [0.15, 0.2) is 0 Å². The van der Waals surface area contributed by atoms with Gasteiger partial charge in [-0.1, -0.05) is 6.92 Å². The third kappa shape index (κ3) is 4.65.